The molecule has 3 aromatic rings. The number of para-hydroxylation sites is 1. The van der Waals surface area contributed by atoms with Gasteiger partial charge in [0.1, 0.15) is 0 Å². The number of aromatic nitrogens is 1. The monoisotopic (exact) mass is 388 g/mol. The van der Waals surface area contributed by atoms with Gasteiger partial charge in [-0.1, -0.05) is 41.4 Å². The summed E-state index contributed by atoms with van der Waals surface area (Å²) in [4.78, 5) is 27.8. The van der Waals surface area contributed by atoms with Crippen LogP contribution in [0.4, 0.5) is 11.4 Å². The van der Waals surface area contributed by atoms with Crippen molar-refractivity contribution in [2.75, 3.05) is 17.8 Å². The van der Waals surface area contributed by atoms with Crippen LogP contribution >= 0.6 is 23.2 Å². The maximum atomic E-state index is 12.6. The van der Waals surface area contributed by atoms with Crippen LogP contribution in [0.15, 0.2) is 48.7 Å². The normalized spacial score (nSPS) is 10.4. The molecule has 0 saturated heterocycles. The highest BCUT2D eigenvalue weighted by molar-refractivity contribution is 6.40. The van der Waals surface area contributed by atoms with Gasteiger partial charge in [0.15, 0.2) is 0 Å². The van der Waals surface area contributed by atoms with E-state index in [2.05, 4.69) is 15.7 Å². The van der Waals surface area contributed by atoms with Crippen molar-refractivity contribution in [1.82, 2.24) is 9.99 Å². The van der Waals surface area contributed by atoms with Crippen LogP contribution in [0.1, 0.15) is 10.4 Å². The van der Waals surface area contributed by atoms with E-state index in [9.17, 15) is 9.59 Å². The average molecular weight is 389 g/mol. The van der Waals surface area contributed by atoms with Gasteiger partial charge >= 0.3 is 0 Å². The molecule has 0 saturated carbocycles. The zero-order valence-corrected chi connectivity index (χ0v) is 15.2. The Morgan fingerprint density at radius 2 is 1.77 bits per heavy atom. The van der Waals surface area contributed by atoms with E-state index in [1.165, 1.54) is 5.01 Å². The van der Waals surface area contributed by atoms with E-state index in [1.807, 2.05) is 6.07 Å². The molecule has 2 aromatic carbocycles. The third-order valence-corrected chi connectivity index (χ3v) is 4.29. The first-order valence-electron chi connectivity index (χ1n) is 7.59. The minimum Gasteiger partial charge on any atom is -0.320 e. The van der Waals surface area contributed by atoms with Crippen LogP contribution in [0, 0.1) is 0 Å². The summed E-state index contributed by atoms with van der Waals surface area (Å²) in [5.41, 5.74) is 4.87. The van der Waals surface area contributed by atoms with Gasteiger partial charge in [-0.05, 0) is 24.3 Å². The molecule has 132 valence electrons. The summed E-state index contributed by atoms with van der Waals surface area (Å²) in [7, 11) is 1.59. The number of hydrogen-bond acceptors (Lipinski definition) is 4. The molecule has 1 aromatic heterocycles. The molecule has 0 aliphatic rings. The number of nitrogens with one attached hydrogen (secondary N) is 2. The van der Waals surface area contributed by atoms with Crippen LogP contribution in [0.25, 0.3) is 10.9 Å². The summed E-state index contributed by atoms with van der Waals surface area (Å²) in [6.45, 7) is 0. The molecule has 0 unspecified atom stereocenters. The van der Waals surface area contributed by atoms with Gasteiger partial charge in [0.05, 0.1) is 32.5 Å². The molecule has 3 rings (SSSR count). The third kappa shape index (κ3) is 3.56. The van der Waals surface area contributed by atoms with Gasteiger partial charge in [-0.3, -0.25) is 25.0 Å². The number of benzene rings is 2. The van der Waals surface area contributed by atoms with E-state index >= 15 is 0 Å². The topological polar surface area (TPSA) is 74.3 Å². The number of hydrogen-bond donors (Lipinski definition) is 2. The lowest BCUT2D eigenvalue weighted by Gasteiger charge is -2.16. The first-order valence-corrected chi connectivity index (χ1v) is 8.34. The fourth-order valence-electron chi connectivity index (χ4n) is 2.49. The van der Waals surface area contributed by atoms with Gasteiger partial charge in [0.25, 0.3) is 5.91 Å². The first-order chi connectivity index (χ1) is 12.5. The predicted molar refractivity (Wildman–Crippen MR) is 104 cm³/mol. The van der Waals surface area contributed by atoms with E-state index in [-0.39, 0.29) is 15.6 Å². The zero-order chi connectivity index (χ0) is 18.7. The molecule has 2 amide bonds. The Morgan fingerprint density at radius 3 is 2.46 bits per heavy atom. The molecule has 0 bridgehead atoms. The minimum absolute atomic E-state index is 0.197. The molecule has 0 radical (unpaired) electrons. The fraction of sp³-hybridized carbons (Fsp3) is 0.0556. The quantitative estimate of drug-likeness (QED) is 0.507. The van der Waals surface area contributed by atoms with E-state index in [0.29, 0.717) is 23.3 Å². The number of carbonyl (C=O) groups is 2. The summed E-state index contributed by atoms with van der Waals surface area (Å²) in [6.07, 6.45) is 2.23. The third-order valence-electron chi connectivity index (χ3n) is 3.66. The number of amides is 2. The summed E-state index contributed by atoms with van der Waals surface area (Å²) in [6, 6.07) is 11.9. The van der Waals surface area contributed by atoms with Gasteiger partial charge in [-0.2, -0.15) is 0 Å². The Labute approximate surface area is 159 Å². The SMILES string of the molecule is CN(C=O)Nc1ccnc2c(NC(=O)c3c(Cl)cccc3Cl)cccc12. The second-order valence-corrected chi connectivity index (χ2v) is 6.25. The van der Waals surface area contributed by atoms with E-state index in [1.54, 1.807) is 49.6 Å². The van der Waals surface area contributed by atoms with Gasteiger partial charge in [0.2, 0.25) is 6.41 Å². The minimum atomic E-state index is -0.432. The number of carbonyl (C=O) groups excluding carboxylic acids is 2. The smallest absolute Gasteiger partial charge is 0.258 e. The van der Waals surface area contributed by atoms with Gasteiger partial charge in [-0.25, -0.2) is 0 Å². The molecule has 0 aliphatic heterocycles. The molecule has 0 spiro atoms. The van der Waals surface area contributed by atoms with Crippen molar-refractivity contribution in [2.45, 2.75) is 0 Å². The Balaban J connectivity index is 2.00. The molecular formula is C18H14Cl2N4O2. The van der Waals surface area contributed by atoms with Crippen LogP contribution in [0.2, 0.25) is 10.0 Å². The lowest BCUT2D eigenvalue weighted by molar-refractivity contribution is -0.115. The zero-order valence-electron chi connectivity index (χ0n) is 13.7. The molecule has 1 heterocycles. The van der Waals surface area contributed by atoms with Crippen molar-refractivity contribution in [2.24, 2.45) is 0 Å². The van der Waals surface area contributed by atoms with Crippen LogP contribution < -0.4 is 10.7 Å². The number of halogens is 2. The highest BCUT2D eigenvalue weighted by Crippen LogP contribution is 2.29. The summed E-state index contributed by atoms with van der Waals surface area (Å²) in [5, 5.41) is 5.34. The van der Waals surface area contributed by atoms with E-state index in [0.717, 1.165) is 5.39 Å². The molecule has 0 fully saturated rings. The molecular weight excluding hydrogens is 375 g/mol. The van der Waals surface area contributed by atoms with Crippen LogP contribution in [-0.2, 0) is 4.79 Å². The second kappa shape index (κ2) is 7.59. The number of hydrazine groups is 1. The number of fused-ring (bicyclic) bond motifs is 1. The molecule has 0 atom stereocenters. The summed E-state index contributed by atoms with van der Waals surface area (Å²) < 4.78 is 0. The largest absolute Gasteiger partial charge is 0.320 e. The van der Waals surface area contributed by atoms with Crippen molar-refractivity contribution >= 4 is 57.8 Å². The number of rotatable bonds is 5. The molecule has 6 nitrogen and oxygen atoms in total. The lowest BCUT2D eigenvalue weighted by Crippen LogP contribution is -2.23. The van der Waals surface area contributed by atoms with Gasteiger partial charge in [0, 0.05) is 18.6 Å². The number of anilines is 2. The number of pyridine rings is 1. The Morgan fingerprint density at radius 1 is 1.08 bits per heavy atom. The highest BCUT2D eigenvalue weighted by atomic mass is 35.5. The van der Waals surface area contributed by atoms with Crippen molar-refractivity contribution < 1.29 is 9.59 Å². The van der Waals surface area contributed by atoms with Crippen molar-refractivity contribution in [1.29, 1.82) is 0 Å². The molecule has 8 heteroatoms. The number of nitrogens with zero attached hydrogens (tertiary/aromatic N) is 2. The predicted octanol–water partition coefficient (Wildman–Crippen LogP) is 4.21. The van der Waals surface area contributed by atoms with Gasteiger partial charge < -0.3 is 5.32 Å². The molecule has 26 heavy (non-hydrogen) atoms. The van der Waals surface area contributed by atoms with Crippen molar-refractivity contribution in [3.05, 3.63) is 64.3 Å². The molecule has 0 aliphatic carbocycles. The first kappa shape index (κ1) is 18.0. The highest BCUT2D eigenvalue weighted by Gasteiger charge is 2.16. The fourth-order valence-corrected chi connectivity index (χ4v) is 3.06. The van der Waals surface area contributed by atoms with Crippen molar-refractivity contribution in [3.63, 3.8) is 0 Å². The summed E-state index contributed by atoms with van der Waals surface area (Å²) >= 11 is 12.2. The maximum absolute atomic E-state index is 12.6. The maximum Gasteiger partial charge on any atom is 0.258 e. The Bertz CT molecular complexity index is 974. The standard InChI is InChI=1S/C18H14Cl2N4O2/c1-24(10-25)23-14-8-9-21-17-11(14)4-2-7-15(17)22-18(26)16-12(19)5-3-6-13(16)20/h2-10H,1H3,(H,21,23)(H,22,26). The van der Waals surface area contributed by atoms with Crippen LogP contribution in [0.5, 0.6) is 0 Å². The van der Waals surface area contributed by atoms with Crippen LogP contribution in [-0.4, -0.2) is 29.4 Å². The Kier molecular flexibility index (Phi) is 5.25. The Hall–Kier alpha value is -2.83. The second-order valence-electron chi connectivity index (χ2n) is 5.44. The molecule has 2 N–H and O–H groups in total. The van der Waals surface area contributed by atoms with Crippen LogP contribution in [0.3, 0.4) is 0 Å². The van der Waals surface area contributed by atoms with E-state index in [4.69, 9.17) is 23.2 Å². The van der Waals surface area contributed by atoms with Crippen molar-refractivity contribution in [3.8, 4) is 0 Å². The average Bonchev–Trinajstić information content (AvgIpc) is 2.62. The lowest BCUT2D eigenvalue weighted by atomic mass is 10.1. The summed E-state index contributed by atoms with van der Waals surface area (Å²) in [5.74, 6) is -0.432. The van der Waals surface area contributed by atoms with E-state index < -0.39 is 5.91 Å². The van der Waals surface area contributed by atoms with Gasteiger partial charge in [-0.15, -0.1) is 0 Å².